The van der Waals surface area contributed by atoms with Gasteiger partial charge in [0, 0.05) is 19.6 Å². The van der Waals surface area contributed by atoms with Crippen LogP contribution in [0.1, 0.15) is 32.5 Å². The Balaban J connectivity index is 1.48. The highest BCUT2D eigenvalue weighted by Crippen LogP contribution is 2.23. The zero-order chi connectivity index (χ0) is 22.3. The quantitative estimate of drug-likeness (QED) is 0.591. The molecule has 1 saturated heterocycles. The molecule has 1 aliphatic heterocycles. The molecule has 0 unspecified atom stereocenters. The summed E-state index contributed by atoms with van der Waals surface area (Å²) in [7, 11) is 0. The number of hydrogen-bond acceptors (Lipinski definition) is 5. The lowest BCUT2D eigenvalue weighted by Crippen LogP contribution is -2.43. The van der Waals surface area contributed by atoms with E-state index < -0.39 is 5.91 Å². The number of para-hydroxylation sites is 1. The lowest BCUT2D eigenvalue weighted by Gasteiger charge is -2.35. The zero-order valence-corrected chi connectivity index (χ0v) is 17.4. The number of carbonyl (C=O) groups excluding carboxylic acids is 2. The maximum Gasteiger partial charge on any atom is 0.291 e. The Hall–Kier alpha value is -3.49. The first kappa shape index (κ1) is 21.7. The van der Waals surface area contributed by atoms with Crippen molar-refractivity contribution in [3.8, 4) is 0 Å². The zero-order valence-electron chi connectivity index (χ0n) is 17.4. The number of ether oxygens (including phenoxy) is 1. The molecule has 1 fully saturated rings. The van der Waals surface area contributed by atoms with Gasteiger partial charge < -0.3 is 19.8 Å². The fourth-order valence-corrected chi connectivity index (χ4v) is 3.70. The standard InChI is InChI=1S/C24H24FN3O4/c25-18-9-7-17(8-10-18)21(28-11-14-31-15-12-28)16-26-23(29)19-4-1-2-5-20(19)27-24(30)22-6-3-13-32-22/h1-10,13,21H,11-12,14-16H2,(H,26,29)(H,27,30)/t21-/m1/s1. The van der Waals surface area contributed by atoms with Gasteiger partial charge in [0.15, 0.2) is 5.76 Å². The summed E-state index contributed by atoms with van der Waals surface area (Å²) in [5.74, 6) is -0.905. The number of amides is 2. The number of anilines is 1. The molecule has 0 spiro atoms. The molecule has 4 rings (SSSR count). The van der Waals surface area contributed by atoms with Crippen LogP contribution in [0.15, 0.2) is 71.3 Å². The molecule has 1 aromatic heterocycles. The highest BCUT2D eigenvalue weighted by Gasteiger charge is 2.24. The highest BCUT2D eigenvalue weighted by molar-refractivity contribution is 6.07. The summed E-state index contributed by atoms with van der Waals surface area (Å²) in [5, 5.41) is 5.69. The fraction of sp³-hybridized carbons (Fsp3) is 0.250. The molecule has 8 heteroatoms. The number of halogens is 1. The van der Waals surface area contributed by atoms with E-state index in [9.17, 15) is 14.0 Å². The molecule has 32 heavy (non-hydrogen) atoms. The average molecular weight is 437 g/mol. The van der Waals surface area contributed by atoms with E-state index in [4.69, 9.17) is 9.15 Å². The van der Waals surface area contributed by atoms with Crippen LogP contribution in [0.25, 0.3) is 0 Å². The molecule has 2 N–H and O–H groups in total. The minimum absolute atomic E-state index is 0.131. The number of carbonyl (C=O) groups is 2. The predicted octanol–water partition coefficient (Wildman–Crippen LogP) is 3.47. The summed E-state index contributed by atoms with van der Waals surface area (Å²) in [6.45, 7) is 2.97. The van der Waals surface area contributed by atoms with Gasteiger partial charge in [-0.2, -0.15) is 0 Å². The van der Waals surface area contributed by atoms with Crippen LogP contribution in [-0.2, 0) is 4.74 Å². The molecule has 0 aliphatic carbocycles. The van der Waals surface area contributed by atoms with E-state index in [1.54, 1.807) is 48.5 Å². The molecule has 0 bridgehead atoms. The van der Waals surface area contributed by atoms with Crippen molar-refractivity contribution in [3.63, 3.8) is 0 Å². The van der Waals surface area contributed by atoms with Gasteiger partial charge in [-0.15, -0.1) is 0 Å². The van der Waals surface area contributed by atoms with Gasteiger partial charge in [0.25, 0.3) is 11.8 Å². The molecule has 166 valence electrons. The van der Waals surface area contributed by atoms with Crippen LogP contribution in [0.4, 0.5) is 10.1 Å². The highest BCUT2D eigenvalue weighted by atomic mass is 19.1. The van der Waals surface area contributed by atoms with Crippen molar-refractivity contribution >= 4 is 17.5 Å². The van der Waals surface area contributed by atoms with E-state index in [0.717, 1.165) is 5.56 Å². The van der Waals surface area contributed by atoms with Crippen LogP contribution >= 0.6 is 0 Å². The summed E-state index contributed by atoms with van der Waals surface area (Å²) in [6, 6.07) is 16.1. The van der Waals surface area contributed by atoms with E-state index in [1.807, 2.05) is 0 Å². The minimum atomic E-state index is -0.437. The third kappa shape index (κ3) is 5.22. The van der Waals surface area contributed by atoms with Crippen molar-refractivity contribution in [2.75, 3.05) is 38.2 Å². The smallest absolute Gasteiger partial charge is 0.291 e. The topological polar surface area (TPSA) is 83.8 Å². The molecule has 2 heterocycles. The molecule has 0 saturated carbocycles. The Morgan fingerprint density at radius 1 is 0.969 bits per heavy atom. The van der Waals surface area contributed by atoms with Crippen LogP contribution < -0.4 is 10.6 Å². The molecule has 3 aromatic rings. The fourth-order valence-electron chi connectivity index (χ4n) is 3.70. The number of hydrogen-bond donors (Lipinski definition) is 2. The molecule has 2 aromatic carbocycles. The number of benzene rings is 2. The van der Waals surface area contributed by atoms with Crippen LogP contribution in [0.3, 0.4) is 0 Å². The molecule has 1 atom stereocenters. The van der Waals surface area contributed by atoms with Crippen LogP contribution in [0.2, 0.25) is 0 Å². The Morgan fingerprint density at radius 2 is 1.72 bits per heavy atom. The average Bonchev–Trinajstić information content (AvgIpc) is 3.36. The second kappa shape index (κ2) is 10.2. The molecule has 7 nitrogen and oxygen atoms in total. The van der Waals surface area contributed by atoms with Crippen LogP contribution in [0.5, 0.6) is 0 Å². The van der Waals surface area contributed by atoms with Crippen molar-refractivity contribution in [3.05, 3.63) is 89.6 Å². The van der Waals surface area contributed by atoms with E-state index in [-0.39, 0.29) is 23.5 Å². The van der Waals surface area contributed by atoms with Crippen molar-refractivity contribution < 1.29 is 23.1 Å². The largest absolute Gasteiger partial charge is 0.459 e. The third-order valence-corrected chi connectivity index (χ3v) is 5.36. The van der Waals surface area contributed by atoms with Gasteiger partial charge in [-0.25, -0.2) is 4.39 Å². The first-order chi connectivity index (χ1) is 15.6. The number of rotatable bonds is 7. The first-order valence-electron chi connectivity index (χ1n) is 10.4. The van der Waals surface area contributed by atoms with Gasteiger partial charge >= 0.3 is 0 Å². The Labute approximate surface area is 185 Å². The number of morpholine rings is 1. The summed E-state index contributed by atoms with van der Waals surface area (Å²) in [5.41, 5.74) is 1.64. The summed E-state index contributed by atoms with van der Waals surface area (Å²) < 4.78 is 24.0. The van der Waals surface area contributed by atoms with Crippen molar-refractivity contribution in [1.29, 1.82) is 0 Å². The predicted molar refractivity (Wildman–Crippen MR) is 117 cm³/mol. The number of nitrogens with zero attached hydrogens (tertiary/aromatic N) is 1. The third-order valence-electron chi connectivity index (χ3n) is 5.36. The van der Waals surface area contributed by atoms with Gasteiger partial charge in [-0.1, -0.05) is 24.3 Å². The van der Waals surface area contributed by atoms with Crippen molar-refractivity contribution in [1.82, 2.24) is 10.2 Å². The van der Waals surface area contributed by atoms with Crippen LogP contribution in [-0.4, -0.2) is 49.6 Å². The van der Waals surface area contributed by atoms with Gasteiger partial charge in [0.05, 0.1) is 36.8 Å². The number of nitrogens with one attached hydrogen (secondary N) is 2. The second-order valence-corrected chi connectivity index (χ2v) is 7.40. The SMILES string of the molecule is O=C(Nc1ccccc1C(=O)NC[C@H](c1ccc(F)cc1)N1CCOCC1)c1ccco1. The Morgan fingerprint density at radius 3 is 2.44 bits per heavy atom. The normalized spacial score (nSPS) is 15.2. The molecule has 1 aliphatic rings. The molecular formula is C24H24FN3O4. The minimum Gasteiger partial charge on any atom is -0.459 e. The lowest BCUT2D eigenvalue weighted by atomic mass is 10.0. The second-order valence-electron chi connectivity index (χ2n) is 7.40. The Kier molecular flexibility index (Phi) is 6.94. The van der Waals surface area contributed by atoms with Crippen molar-refractivity contribution in [2.45, 2.75) is 6.04 Å². The molecular weight excluding hydrogens is 413 g/mol. The van der Waals surface area contributed by atoms with Gasteiger partial charge in [0.1, 0.15) is 5.82 Å². The van der Waals surface area contributed by atoms with Crippen LogP contribution in [0, 0.1) is 5.82 Å². The lowest BCUT2D eigenvalue weighted by molar-refractivity contribution is 0.0162. The van der Waals surface area contributed by atoms with Crippen molar-refractivity contribution in [2.24, 2.45) is 0 Å². The maximum absolute atomic E-state index is 13.4. The van der Waals surface area contributed by atoms with Gasteiger partial charge in [-0.3, -0.25) is 14.5 Å². The maximum atomic E-state index is 13.4. The van der Waals surface area contributed by atoms with Gasteiger partial charge in [0.2, 0.25) is 0 Å². The molecule has 2 amide bonds. The summed E-state index contributed by atoms with van der Waals surface area (Å²) >= 11 is 0. The van der Waals surface area contributed by atoms with E-state index in [1.165, 1.54) is 18.4 Å². The Bertz CT molecular complexity index is 1050. The summed E-state index contributed by atoms with van der Waals surface area (Å²) in [6.07, 6.45) is 1.41. The van der Waals surface area contributed by atoms with E-state index in [2.05, 4.69) is 15.5 Å². The van der Waals surface area contributed by atoms with E-state index in [0.29, 0.717) is 44.1 Å². The monoisotopic (exact) mass is 437 g/mol. The molecule has 0 radical (unpaired) electrons. The summed E-state index contributed by atoms with van der Waals surface area (Å²) in [4.78, 5) is 27.6. The van der Waals surface area contributed by atoms with Gasteiger partial charge in [-0.05, 0) is 42.0 Å². The number of furan rings is 1. The van der Waals surface area contributed by atoms with E-state index >= 15 is 0 Å². The first-order valence-corrected chi connectivity index (χ1v) is 10.4.